The summed E-state index contributed by atoms with van der Waals surface area (Å²) in [6, 6.07) is 7.38. The van der Waals surface area contributed by atoms with Gasteiger partial charge in [0, 0.05) is 13.5 Å². The van der Waals surface area contributed by atoms with Gasteiger partial charge in [-0.2, -0.15) is 0 Å². The van der Waals surface area contributed by atoms with Crippen molar-refractivity contribution in [3.8, 4) is 11.5 Å². The number of nitrogens with zero attached hydrogens (tertiary/aromatic N) is 1. The van der Waals surface area contributed by atoms with Crippen molar-refractivity contribution in [1.82, 2.24) is 4.90 Å². The summed E-state index contributed by atoms with van der Waals surface area (Å²) in [4.78, 5) is 13.2. The first kappa shape index (κ1) is 13.7. The second-order valence-corrected chi connectivity index (χ2v) is 4.46. The molecule has 19 heavy (non-hydrogen) atoms. The zero-order chi connectivity index (χ0) is 13.7. The van der Waals surface area contributed by atoms with Crippen LogP contribution in [0.5, 0.6) is 11.5 Å². The molecule has 0 radical (unpaired) electrons. The van der Waals surface area contributed by atoms with Gasteiger partial charge in [0.25, 0.3) is 0 Å². The van der Waals surface area contributed by atoms with E-state index in [9.17, 15) is 4.79 Å². The Balaban J connectivity index is 1.97. The van der Waals surface area contributed by atoms with E-state index in [-0.39, 0.29) is 12.0 Å². The summed E-state index contributed by atoms with van der Waals surface area (Å²) >= 11 is 0. The Morgan fingerprint density at radius 3 is 2.63 bits per heavy atom. The molecule has 5 nitrogen and oxygen atoms in total. The minimum absolute atomic E-state index is 0.0498. The molecule has 1 heterocycles. The number of rotatable bonds is 3. The zero-order valence-electron chi connectivity index (χ0n) is 11.3. The molecule has 1 aliphatic rings. The number of hydrogen-bond donors (Lipinski definition) is 0. The van der Waals surface area contributed by atoms with E-state index in [2.05, 4.69) is 0 Å². The third-order valence-corrected chi connectivity index (χ3v) is 3.04. The van der Waals surface area contributed by atoms with Crippen molar-refractivity contribution in [2.24, 2.45) is 0 Å². The number of ether oxygens (including phenoxy) is 3. The first-order valence-corrected chi connectivity index (χ1v) is 6.33. The van der Waals surface area contributed by atoms with Gasteiger partial charge in [0.2, 0.25) is 5.91 Å². The summed E-state index contributed by atoms with van der Waals surface area (Å²) in [7, 11) is 1.62. The van der Waals surface area contributed by atoms with Gasteiger partial charge >= 0.3 is 0 Å². The quantitative estimate of drug-likeness (QED) is 0.827. The van der Waals surface area contributed by atoms with Gasteiger partial charge in [0.15, 0.2) is 0 Å². The van der Waals surface area contributed by atoms with Gasteiger partial charge in [-0.3, -0.25) is 4.79 Å². The van der Waals surface area contributed by atoms with Gasteiger partial charge in [-0.25, -0.2) is 0 Å². The van der Waals surface area contributed by atoms with Crippen molar-refractivity contribution < 1.29 is 19.0 Å². The summed E-state index contributed by atoms with van der Waals surface area (Å²) in [5.41, 5.74) is 0. The fraction of sp³-hybridized carbons (Fsp3) is 0.500. The second kappa shape index (κ2) is 6.43. The molecule has 1 aromatic rings. The molecule has 0 bridgehead atoms. The lowest BCUT2D eigenvalue weighted by molar-refractivity contribution is -0.129. The van der Waals surface area contributed by atoms with Crippen LogP contribution in [0.25, 0.3) is 0 Å². The Morgan fingerprint density at radius 1 is 1.32 bits per heavy atom. The number of carbonyl (C=O) groups excluding carboxylic acids is 1. The maximum absolute atomic E-state index is 11.4. The largest absolute Gasteiger partial charge is 0.497 e. The van der Waals surface area contributed by atoms with Crippen LogP contribution < -0.4 is 9.47 Å². The third-order valence-electron chi connectivity index (χ3n) is 3.04. The van der Waals surface area contributed by atoms with Crippen LogP contribution in [0.4, 0.5) is 0 Å². The molecule has 0 saturated carbocycles. The highest BCUT2D eigenvalue weighted by molar-refractivity contribution is 5.73. The highest BCUT2D eigenvalue weighted by Gasteiger charge is 2.21. The number of amides is 1. The van der Waals surface area contributed by atoms with Crippen molar-refractivity contribution in [3.05, 3.63) is 24.3 Å². The van der Waals surface area contributed by atoms with Crippen molar-refractivity contribution in [1.29, 1.82) is 0 Å². The monoisotopic (exact) mass is 265 g/mol. The molecule has 0 spiro atoms. The lowest BCUT2D eigenvalue weighted by Gasteiger charge is -2.23. The Labute approximate surface area is 113 Å². The molecule has 1 unspecified atom stereocenters. The number of benzene rings is 1. The first-order valence-electron chi connectivity index (χ1n) is 6.33. The van der Waals surface area contributed by atoms with Crippen molar-refractivity contribution in [3.63, 3.8) is 0 Å². The number of hydrogen-bond acceptors (Lipinski definition) is 4. The van der Waals surface area contributed by atoms with Crippen molar-refractivity contribution >= 4 is 5.91 Å². The number of methoxy groups -OCH3 is 1. The van der Waals surface area contributed by atoms with Crippen molar-refractivity contribution in [2.75, 3.05) is 33.4 Å². The van der Waals surface area contributed by atoms with Crippen LogP contribution in [0.3, 0.4) is 0 Å². The average molecular weight is 265 g/mol. The van der Waals surface area contributed by atoms with Crippen molar-refractivity contribution in [2.45, 2.75) is 13.0 Å². The molecule has 104 valence electrons. The van der Waals surface area contributed by atoms with Crippen LogP contribution in [-0.2, 0) is 9.53 Å². The van der Waals surface area contributed by atoms with Gasteiger partial charge in [0.05, 0.1) is 26.9 Å². The Hall–Kier alpha value is -1.75. The molecule has 1 aromatic carbocycles. The Bertz CT molecular complexity index is 418. The van der Waals surface area contributed by atoms with Gasteiger partial charge < -0.3 is 19.1 Å². The molecule has 5 heteroatoms. The summed E-state index contributed by atoms with van der Waals surface area (Å²) in [6.07, 6.45) is -0.139. The van der Waals surface area contributed by atoms with Crippen LogP contribution in [0.1, 0.15) is 6.92 Å². The molecule has 0 N–H and O–H groups in total. The highest BCUT2D eigenvalue weighted by atomic mass is 16.5. The Kier molecular flexibility index (Phi) is 4.63. The minimum atomic E-state index is -0.139. The first-order chi connectivity index (χ1) is 9.19. The van der Waals surface area contributed by atoms with E-state index in [0.717, 1.165) is 11.5 Å². The maximum atomic E-state index is 11.4. The van der Waals surface area contributed by atoms with Crippen LogP contribution in [0.2, 0.25) is 0 Å². The van der Waals surface area contributed by atoms with Crippen LogP contribution in [0, 0.1) is 0 Å². The van der Waals surface area contributed by atoms with Crippen LogP contribution in [-0.4, -0.2) is 50.3 Å². The molecule has 2 rings (SSSR count). The topological polar surface area (TPSA) is 48.0 Å². The summed E-state index contributed by atoms with van der Waals surface area (Å²) < 4.78 is 16.4. The van der Waals surface area contributed by atoms with E-state index >= 15 is 0 Å². The smallest absolute Gasteiger partial charge is 0.219 e. The average Bonchev–Trinajstić information content (AvgIpc) is 2.65. The zero-order valence-corrected chi connectivity index (χ0v) is 11.3. The fourth-order valence-electron chi connectivity index (χ4n) is 1.98. The lowest BCUT2D eigenvalue weighted by atomic mass is 10.3. The highest BCUT2D eigenvalue weighted by Crippen LogP contribution is 2.19. The lowest BCUT2D eigenvalue weighted by Crippen LogP contribution is -2.38. The van der Waals surface area contributed by atoms with Crippen LogP contribution >= 0.6 is 0 Å². The van der Waals surface area contributed by atoms with E-state index in [4.69, 9.17) is 14.2 Å². The molecular formula is C14H19NO4. The SMILES string of the molecule is COc1ccc(OC2COCCN(C(C)=O)C2)cc1. The standard InChI is InChI=1S/C14H19NO4/c1-11(16)15-7-8-18-10-14(9-15)19-13-5-3-12(17-2)4-6-13/h3-6,14H,7-10H2,1-2H3. The van der Waals surface area contributed by atoms with E-state index in [0.29, 0.717) is 26.3 Å². The summed E-state index contributed by atoms with van der Waals surface area (Å²) in [5, 5.41) is 0. The van der Waals surface area contributed by atoms with Gasteiger partial charge in [0.1, 0.15) is 17.6 Å². The second-order valence-electron chi connectivity index (χ2n) is 4.46. The summed E-state index contributed by atoms with van der Waals surface area (Å²) in [6.45, 7) is 3.80. The molecule has 0 aliphatic carbocycles. The third kappa shape index (κ3) is 3.86. The van der Waals surface area contributed by atoms with E-state index in [1.54, 1.807) is 18.9 Å². The van der Waals surface area contributed by atoms with E-state index in [1.807, 2.05) is 24.3 Å². The van der Waals surface area contributed by atoms with Crippen LogP contribution in [0.15, 0.2) is 24.3 Å². The molecule has 0 aromatic heterocycles. The summed E-state index contributed by atoms with van der Waals surface area (Å²) in [5.74, 6) is 1.59. The molecule has 1 aliphatic heterocycles. The number of carbonyl (C=O) groups is 1. The minimum Gasteiger partial charge on any atom is -0.497 e. The molecule has 1 saturated heterocycles. The molecule has 1 atom stereocenters. The molecular weight excluding hydrogens is 246 g/mol. The van der Waals surface area contributed by atoms with E-state index in [1.165, 1.54) is 0 Å². The fourth-order valence-corrected chi connectivity index (χ4v) is 1.98. The maximum Gasteiger partial charge on any atom is 0.219 e. The predicted molar refractivity (Wildman–Crippen MR) is 70.5 cm³/mol. The molecule has 1 fully saturated rings. The Morgan fingerprint density at radius 2 is 2.00 bits per heavy atom. The van der Waals surface area contributed by atoms with Gasteiger partial charge in [-0.1, -0.05) is 0 Å². The van der Waals surface area contributed by atoms with E-state index < -0.39 is 0 Å². The normalized spacial score (nSPS) is 19.7. The van der Waals surface area contributed by atoms with Gasteiger partial charge in [-0.05, 0) is 24.3 Å². The predicted octanol–water partition coefficient (Wildman–Crippen LogP) is 1.32. The molecule has 1 amide bonds. The van der Waals surface area contributed by atoms with Gasteiger partial charge in [-0.15, -0.1) is 0 Å².